The van der Waals surface area contributed by atoms with Crippen LogP contribution in [0.2, 0.25) is 0 Å². The van der Waals surface area contributed by atoms with E-state index in [1.54, 1.807) is 6.07 Å². The average Bonchev–Trinajstić information content (AvgIpc) is 3.13. The summed E-state index contributed by atoms with van der Waals surface area (Å²) < 4.78 is 40.7. The molecule has 0 saturated heterocycles. The third-order valence-electron chi connectivity index (χ3n) is 3.85. The van der Waals surface area contributed by atoms with E-state index in [4.69, 9.17) is 0 Å². The summed E-state index contributed by atoms with van der Waals surface area (Å²) in [4.78, 5) is -0.268. The molecule has 2 N–H and O–H groups in total. The van der Waals surface area contributed by atoms with Crippen LogP contribution in [0.15, 0.2) is 23.1 Å². The van der Waals surface area contributed by atoms with Crippen molar-refractivity contribution in [2.45, 2.75) is 38.1 Å². The highest BCUT2D eigenvalue weighted by Gasteiger charge is 2.33. The zero-order valence-electron chi connectivity index (χ0n) is 12.5. The summed E-state index contributed by atoms with van der Waals surface area (Å²) in [5, 5.41) is 3.16. The molecule has 1 aromatic rings. The largest absolute Gasteiger partial charge is 0.313 e. The van der Waals surface area contributed by atoms with Crippen LogP contribution in [0, 0.1) is 17.7 Å². The lowest BCUT2D eigenvalue weighted by molar-refractivity contribution is 0.551. The molecule has 2 unspecified atom stereocenters. The number of hydrogen-bond donors (Lipinski definition) is 2. The van der Waals surface area contributed by atoms with E-state index in [1.807, 2.05) is 0 Å². The van der Waals surface area contributed by atoms with Crippen molar-refractivity contribution in [3.8, 4) is 0 Å². The fraction of sp³-hybridized carbons (Fsp3) is 0.600. The Balaban J connectivity index is 2.01. The first-order chi connectivity index (χ1) is 9.94. The van der Waals surface area contributed by atoms with Crippen molar-refractivity contribution in [2.24, 2.45) is 11.8 Å². The average molecular weight is 314 g/mol. The van der Waals surface area contributed by atoms with Gasteiger partial charge in [0.15, 0.2) is 0 Å². The minimum Gasteiger partial charge on any atom is -0.313 e. The summed E-state index contributed by atoms with van der Waals surface area (Å²) in [5.74, 6) is 0.257. The Hall–Kier alpha value is -0.980. The van der Waals surface area contributed by atoms with Gasteiger partial charge in [-0.3, -0.25) is 0 Å². The number of sulfonamides is 1. The Morgan fingerprint density at radius 1 is 1.38 bits per heavy atom. The summed E-state index contributed by atoms with van der Waals surface area (Å²) in [6.07, 6.45) is 2.03. The van der Waals surface area contributed by atoms with Crippen LogP contribution in [-0.4, -0.2) is 21.5 Å². The molecule has 0 radical (unpaired) electrons. The van der Waals surface area contributed by atoms with Crippen molar-refractivity contribution in [1.82, 2.24) is 10.0 Å². The SMILES string of the molecule is CCCNCc1ccc(S(=O)(=O)NCC2CC2C)c(F)c1. The Kier molecular flexibility index (Phi) is 5.35. The standard InChI is InChI=1S/C15H23FN2O2S/c1-3-6-17-9-12-4-5-15(14(16)8-12)21(19,20)18-10-13-7-11(13)2/h4-5,8,11,13,17-18H,3,6-7,9-10H2,1-2H3. The van der Waals surface area contributed by atoms with Crippen molar-refractivity contribution in [1.29, 1.82) is 0 Å². The normalized spacial score (nSPS) is 21.5. The van der Waals surface area contributed by atoms with Crippen LogP contribution in [0.5, 0.6) is 0 Å². The third-order valence-corrected chi connectivity index (χ3v) is 5.31. The van der Waals surface area contributed by atoms with E-state index in [1.165, 1.54) is 12.1 Å². The lowest BCUT2D eigenvalue weighted by Gasteiger charge is -2.09. The Labute approximate surface area is 126 Å². The molecule has 21 heavy (non-hydrogen) atoms. The molecule has 0 amide bonds. The monoisotopic (exact) mass is 314 g/mol. The predicted octanol–water partition coefficient (Wildman–Crippen LogP) is 2.26. The zero-order chi connectivity index (χ0) is 15.5. The van der Waals surface area contributed by atoms with Crippen molar-refractivity contribution in [2.75, 3.05) is 13.1 Å². The highest BCUT2D eigenvalue weighted by molar-refractivity contribution is 7.89. The molecule has 0 bridgehead atoms. The van der Waals surface area contributed by atoms with Gasteiger partial charge in [-0.15, -0.1) is 0 Å². The quantitative estimate of drug-likeness (QED) is 0.724. The molecule has 118 valence electrons. The van der Waals surface area contributed by atoms with Crippen LogP contribution in [0.4, 0.5) is 4.39 Å². The van der Waals surface area contributed by atoms with E-state index >= 15 is 0 Å². The van der Waals surface area contributed by atoms with Crippen LogP contribution in [0.25, 0.3) is 0 Å². The van der Waals surface area contributed by atoms with E-state index in [0.717, 1.165) is 24.9 Å². The van der Waals surface area contributed by atoms with Crippen molar-refractivity contribution in [3.05, 3.63) is 29.6 Å². The highest BCUT2D eigenvalue weighted by atomic mass is 32.2. The first kappa shape index (κ1) is 16.4. The van der Waals surface area contributed by atoms with Crippen LogP contribution in [0.1, 0.15) is 32.3 Å². The van der Waals surface area contributed by atoms with Gasteiger partial charge in [-0.25, -0.2) is 17.5 Å². The summed E-state index contributed by atoms with van der Waals surface area (Å²) in [6.45, 7) is 5.91. The second-order valence-electron chi connectivity index (χ2n) is 5.77. The number of hydrogen-bond acceptors (Lipinski definition) is 3. The number of nitrogens with one attached hydrogen (secondary N) is 2. The molecule has 0 heterocycles. The van der Waals surface area contributed by atoms with Gasteiger partial charge in [0.05, 0.1) is 0 Å². The van der Waals surface area contributed by atoms with Gasteiger partial charge < -0.3 is 5.32 Å². The molecule has 1 aliphatic rings. The maximum absolute atomic E-state index is 14.0. The van der Waals surface area contributed by atoms with Gasteiger partial charge in [0.1, 0.15) is 10.7 Å². The molecule has 0 aliphatic heterocycles. The molecule has 4 nitrogen and oxygen atoms in total. The molecule has 1 saturated carbocycles. The third kappa shape index (κ3) is 4.49. The molecular weight excluding hydrogens is 291 g/mol. The first-order valence-corrected chi connectivity index (χ1v) is 8.91. The maximum Gasteiger partial charge on any atom is 0.243 e. The summed E-state index contributed by atoms with van der Waals surface area (Å²) >= 11 is 0. The van der Waals surface area contributed by atoms with Crippen LogP contribution in [-0.2, 0) is 16.6 Å². The number of benzene rings is 1. The van der Waals surface area contributed by atoms with Gasteiger partial charge in [0.2, 0.25) is 10.0 Å². The molecule has 1 aromatic carbocycles. The predicted molar refractivity (Wildman–Crippen MR) is 80.9 cm³/mol. The van der Waals surface area contributed by atoms with Gasteiger partial charge in [-0.05, 0) is 48.9 Å². The van der Waals surface area contributed by atoms with E-state index < -0.39 is 15.8 Å². The van der Waals surface area contributed by atoms with Gasteiger partial charge in [-0.2, -0.15) is 0 Å². The summed E-state index contributed by atoms with van der Waals surface area (Å²) in [7, 11) is -3.76. The molecular formula is C15H23FN2O2S. The molecule has 2 atom stereocenters. The fourth-order valence-electron chi connectivity index (χ4n) is 2.26. The second kappa shape index (κ2) is 6.85. The van der Waals surface area contributed by atoms with E-state index in [9.17, 15) is 12.8 Å². The Morgan fingerprint density at radius 2 is 2.10 bits per heavy atom. The second-order valence-corrected chi connectivity index (χ2v) is 7.50. The van der Waals surface area contributed by atoms with Crippen LogP contribution in [0.3, 0.4) is 0 Å². The lowest BCUT2D eigenvalue weighted by Crippen LogP contribution is -2.27. The van der Waals surface area contributed by atoms with Gasteiger partial charge >= 0.3 is 0 Å². The molecule has 6 heteroatoms. The Bertz CT molecular complexity index is 589. The first-order valence-electron chi connectivity index (χ1n) is 7.43. The van der Waals surface area contributed by atoms with Crippen molar-refractivity contribution < 1.29 is 12.8 Å². The number of rotatable bonds is 8. The van der Waals surface area contributed by atoms with Gasteiger partial charge in [0.25, 0.3) is 0 Å². The van der Waals surface area contributed by atoms with Crippen LogP contribution < -0.4 is 10.0 Å². The molecule has 0 aromatic heterocycles. The summed E-state index contributed by atoms with van der Waals surface area (Å²) in [6, 6.07) is 4.29. The van der Waals surface area contributed by atoms with Crippen molar-refractivity contribution >= 4 is 10.0 Å². The van der Waals surface area contributed by atoms with Crippen molar-refractivity contribution in [3.63, 3.8) is 0 Å². The molecule has 1 fully saturated rings. The smallest absolute Gasteiger partial charge is 0.243 e. The summed E-state index contributed by atoms with van der Waals surface area (Å²) in [5.41, 5.74) is 0.746. The van der Waals surface area contributed by atoms with Crippen LogP contribution >= 0.6 is 0 Å². The topological polar surface area (TPSA) is 58.2 Å². The van der Waals surface area contributed by atoms with E-state index in [2.05, 4.69) is 23.9 Å². The van der Waals surface area contributed by atoms with E-state index in [0.29, 0.717) is 24.9 Å². The van der Waals surface area contributed by atoms with Gasteiger partial charge in [-0.1, -0.05) is 19.9 Å². The van der Waals surface area contributed by atoms with Gasteiger partial charge in [0, 0.05) is 13.1 Å². The maximum atomic E-state index is 14.0. The lowest BCUT2D eigenvalue weighted by atomic mass is 10.2. The fourth-order valence-corrected chi connectivity index (χ4v) is 3.41. The van der Waals surface area contributed by atoms with E-state index in [-0.39, 0.29) is 4.90 Å². The zero-order valence-corrected chi connectivity index (χ0v) is 13.3. The minimum atomic E-state index is -3.76. The Morgan fingerprint density at radius 3 is 2.67 bits per heavy atom. The highest BCUT2D eigenvalue weighted by Crippen LogP contribution is 2.37. The number of halogens is 1. The minimum absolute atomic E-state index is 0.268. The molecule has 0 spiro atoms. The molecule has 2 rings (SSSR count). The molecule has 1 aliphatic carbocycles.